The highest BCUT2D eigenvalue weighted by molar-refractivity contribution is 5.77. The van der Waals surface area contributed by atoms with E-state index in [1.54, 1.807) is 12.1 Å². The number of rotatable bonds is 10. The summed E-state index contributed by atoms with van der Waals surface area (Å²) in [5.74, 6) is 0.524. The summed E-state index contributed by atoms with van der Waals surface area (Å²) in [7, 11) is 0. The first-order valence-electron chi connectivity index (χ1n) is 7.52. The minimum absolute atomic E-state index is 0.166. The molecule has 1 aromatic heterocycles. The standard InChI is InChI=1S/C15H24F2N4O/c1-2-3-4-5-9-19-15(18)20-10-12-7-6-8-14(21-12)22-11-13(16)17/h6-8,13H,2-5,9-11H2,1H3,(H3,18,19,20). The lowest BCUT2D eigenvalue weighted by molar-refractivity contribution is 0.0795. The number of pyridine rings is 1. The van der Waals surface area contributed by atoms with Gasteiger partial charge in [-0.25, -0.2) is 18.8 Å². The lowest BCUT2D eigenvalue weighted by Gasteiger charge is -2.07. The SMILES string of the molecule is CCCCCCNC(N)=NCc1cccc(OCC(F)F)n1. The molecule has 0 aromatic carbocycles. The van der Waals surface area contributed by atoms with Gasteiger partial charge in [0.1, 0.15) is 0 Å². The van der Waals surface area contributed by atoms with Crippen molar-refractivity contribution in [2.45, 2.75) is 45.6 Å². The van der Waals surface area contributed by atoms with Gasteiger partial charge >= 0.3 is 0 Å². The average molecular weight is 314 g/mol. The Bertz CT molecular complexity index is 455. The topological polar surface area (TPSA) is 72.5 Å². The van der Waals surface area contributed by atoms with Gasteiger partial charge in [-0.3, -0.25) is 0 Å². The molecule has 0 unspecified atom stereocenters. The third-order valence-electron chi connectivity index (χ3n) is 2.89. The molecule has 0 amide bonds. The summed E-state index contributed by atoms with van der Waals surface area (Å²) in [6.45, 7) is 2.57. The van der Waals surface area contributed by atoms with Crippen molar-refractivity contribution in [2.75, 3.05) is 13.2 Å². The Morgan fingerprint density at radius 2 is 2.18 bits per heavy atom. The number of guanidine groups is 1. The number of alkyl halides is 2. The fraction of sp³-hybridized carbons (Fsp3) is 0.600. The van der Waals surface area contributed by atoms with Crippen LogP contribution in [-0.4, -0.2) is 30.5 Å². The van der Waals surface area contributed by atoms with Crippen molar-refractivity contribution >= 4 is 5.96 Å². The number of hydrogen-bond donors (Lipinski definition) is 2. The van der Waals surface area contributed by atoms with E-state index in [-0.39, 0.29) is 12.4 Å². The molecule has 5 nitrogen and oxygen atoms in total. The number of unbranched alkanes of at least 4 members (excludes halogenated alkanes) is 3. The zero-order chi connectivity index (χ0) is 16.2. The van der Waals surface area contributed by atoms with Crippen molar-refractivity contribution in [1.29, 1.82) is 0 Å². The second kappa shape index (κ2) is 10.8. The molecule has 0 fully saturated rings. The molecule has 124 valence electrons. The van der Waals surface area contributed by atoms with Crippen molar-refractivity contribution in [3.05, 3.63) is 23.9 Å². The first-order valence-corrected chi connectivity index (χ1v) is 7.52. The summed E-state index contributed by atoms with van der Waals surface area (Å²) in [6, 6.07) is 4.96. The summed E-state index contributed by atoms with van der Waals surface area (Å²) in [5.41, 5.74) is 6.37. The third kappa shape index (κ3) is 8.39. The largest absolute Gasteiger partial charge is 0.472 e. The van der Waals surface area contributed by atoms with Crippen LogP contribution in [0.4, 0.5) is 8.78 Å². The minimum atomic E-state index is -2.52. The first-order chi connectivity index (χ1) is 10.6. The number of aromatic nitrogens is 1. The van der Waals surface area contributed by atoms with Gasteiger partial charge in [-0.2, -0.15) is 0 Å². The molecule has 3 N–H and O–H groups in total. The van der Waals surface area contributed by atoms with Crippen LogP contribution in [0.5, 0.6) is 5.88 Å². The van der Waals surface area contributed by atoms with Gasteiger partial charge in [-0.05, 0) is 12.5 Å². The molecule has 0 radical (unpaired) electrons. The van der Waals surface area contributed by atoms with Crippen molar-refractivity contribution in [3.63, 3.8) is 0 Å². The first kappa shape index (κ1) is 18.1. The van der Waals surface area contributed by atoms with E-state index in [0.717, 1.165) is 13.0 Å². The van der Waals surface area contributed by atoms with Crippen LogP contribution in [0.3, 0.4) is 0 Å². The molecule has 22 heavy (non-hydrogen) atoms. The molecular weight excluding hydrogens is 290 g/mol. The molecule has 0 aliphatic carbocycles. The van der Waals surface area contributed by atoms with E-state index in [1.807, 2.05) is 0 Å². The fourth-order valence-corrected chi connectivity index (χ4v) is 1.76. The summed E-state index contributed by atoms with van der Waals surface area (Å²) < 4.78 is 29.0. The van der Waals surface area contributed by atoms with E-state index in [9.17, 15) is 8.78 Å². The molecule has 1 aromatic rings. The molecule has 0 saturated heterocycles. The number of ether oxygens (including phenoxy) is 1. The van der Waals surface area contributed by atoms with Crippen LogP contribution in [0.2, 0.25) is 0 Å². The molecule has 1 rings (SSSR count). The quantitative estimate of drug-likeness (QED) is 0.396. The van der Waals surface area contributed by atoms with Crippen molar-refractivity contribution in [2.24, 2.45) is 10.7 Å². The Labute approximate surface area is 130 Å². The van der Waals surface area contributed by atoms with Gasteiger partial charge in [0, 0.05) is 12.6 Å². The van der Waals surface area contributed by atoms with Crippen LogP contribution in [0, 0.1) is 0 Å². The predicted molar refractivity (Wildman–Crippen MR) is 83.2 cm³/mol. The highest BCUT2D eigenvalue weighted by Gasteiger charge is 2.05. The maximum Gasteiger partial charge on any atom is 0.272 e. The van der Waals surface area contributed by atoms with Gasteiger partial charge in [-0.15, -0.1) is 0 Å². The molecular formula is C15H24F2N4O. The highest BCUT2D eigenvalue weighted by atomic mass is 19.3. The second-order valence-electron chi connectivity index (χ2n) is 4.86. The van der Waals surface area contributed by atoms with Gasteiger partial charge in [0.25, 0.3) is 6.43 Å². The predicted octanol–water partition coefficient (Wildman–Crippen LogP) is 2.71. The number of nitrogens with two attached hydrogens (primary N) is 1. The van der Waals surface area contributed by atoms with Crippen LogP contribution in [-0.2, 0) is 6.54 Å². The van der Waals surface area contributed by atoms with E-state index >= 15 is 0 Å². The Morgan fingerprint density at radius 3 is 2.91 bits per heavy atom. The second-order valence-corrected chi connectivity index (χ2v) is 4.86. The molecule has 0 atom stereocenters. The Hall–Kier alpha value is -1.92. The molecule has 0 aliphatic heterocycles. The Balaban J connectivity index is 2.35. The van der Waals surface area contributed by atoms with Gasteiger partial charge in [0.15, 0.2) is 12.6 Å². The van der Waals surface area contributed by atoms with Crippen molar-refractivity contribution < 1.29 is 13.5 Å². The van der Waals surface area contributed by atoms with E-state index in [2.05, 4.69) is 22.2 Å². The number of aliphatic imine (C=N–C) groups is 1. The molecule has 0 spiro atoms. The van der Waals surface area contributed by atoms with Crippen molar-refractivity contribution in [3.8, 4) is 5.88 Å². The van der Waals surface area contributed by atoms with E-state index in [4.69, 9.17) is 10.5 Å². The van der Waals surface area contributed by atoms with Crippen LogP contribution in [0.1, 0.15) is 38.3 Å². The molecule has 0 aliphatic rings. The normalized spacial score (nSPS) is 11.7. The third-order valence-corrected chi connectivity index (χ3v) is 2.89. The summed E-state index contributed by atoms with van der Waals surface area (Å²) in [6.07, 6.45) is 2.12. The van der Waals surface area contributed by atoms with Gasteiger partial charge in [-0.1, -0.05) is 32.3 Å². The molecule has 0 saturated carbocycles. The molecule has 7 heteroatoms. The summed E-state index contributed by atoms with van der Waals surface area (Å²) in [5, 5.41) is 3.04. The molecule has 0 bridgehead atoms. The van der Waals surface area contributed by atoms with Crippen molar-refractivity contribution in [1.82, 2.24) is 10.3 Å². The van der Waals surface area contributed by atoms with Gasteiger partial charge < -0.3 is 15.8 Å². The Morgan fingerprint density at radius 1 is 1.36 bits per heavy atom. The fourth-order valence-electron chi connectivity index (χ4n) is 1.76. The maximum atomic E-state index is 12.1. The monoisotopic (exact) mass is 314 g/mol. The van der Waals surface area contributed by atoms with E-state index in [1.165, 1.54) is 25.3 Å². The number of halogens is 2. The van der Waals surface area contributed by atoms with Crippen LogP contribution >= 0.6 is 0 Å². The van der Waals surface area contributed by atoms with Gasteiger partial charge in [0.2, 0.25) is 5.88 Å². The molecule has 1 heterocycles. The summed E-state index contributed by atoms with van der Waals surface area (Å²) in [4.78, 5) is 8.26. The van der Waals surface area contributed by atoms with Gasteiger partial charge in [0.05, 0.1) is 12.2 Å². The zero-order valence-electron chi connectivity index (χ0n) is 12.9. The Kier molecular flexibility index (Phi) is 8.86. The summed E-state index contributed by atoms with van der Waals surface area (Å²) >= 11 is 0. The zero-order valence-corrected chi connectivity index (χ0v) is 12.9. The van der Waals surface area contributed by atoms with Crippen LogP contribution < -0.4 is 15.8 Å². The number of hydrogen-bond acceptors (Lipinski definition) is 3. The number of nitrogens with zero attached hydrogens (tertiary/aromatic N) is 2. The lowest BCUT2D eigenvalue weighted by atomic mass is 10.2. The van der Waals surface area contributed by atoms with E-state index < -0.39 is 13.0 Å². The smallest absolute Gasteiger partial charge is 0.272 e. The number of nitrogens with one attached hydrogen (secondary N) is 1. The highest BCUT2D eigenvalue weighted by Crippen LogP contribution is 2.09. The van der Waals surface area contributed by atoms with Crippen LogP contribution in [0.25, 0.3) is 0 Å². The maximum absolute atomic E-state index is 12.1. The minimum Gasteiger partial charge on any atom is -0.472 e. The van der Waals surface area contributed by atoms with E-state index in [0.29, 0.717) is 11.7 Å². The van der Waals surface area contributed by atoms with Crippen LogP contribution in [0.15, 0.2) is 23.2 Å². The lowest BCUT2D eigenvalue weighted by Crippen LogP contribution is -2.32. The average Bonchev–Trinajstić information content (AvgIpc) is 2.51.